The van der Waals surface area contributed by atoms with Crippen molar-refractivity contribution in [3.63, 3.8) is 0 Å². The molecule has 0 radical (unpaired) electrons. The second kappa shape index (κ2) is 8.91. The van der Waals surface area contributed by atoms with Gasteiger partial charge in [-0.15, -0.1) is 0 Å². The van der Waals surface area contributed by atoms with Crippen molar-refractivity contribution in [2.24, 2.45) is 0 Å². The summed E-state index contributed by atoms with van der Waals surface area (Å²) in [6, 6.07) is 8.51. The first-order valence-corrected chi connectivity index (χ1v) is 11.2. The zero-order chi connectivity index (χ0) is 22.8. The first-order chi connectivity index (χ1) is 14.6. The van der Waals surface area contributed by atoms with Crippen LogP contribution in [0.2, 0.25) is 0 Å². The minimum atomic E-state index is -4.14. The van der Waals surface area contributed by atoms with Crippen molar-refractivity contribution in [3.8, 4) is 5.75 Å². The van der Waals surface area contributed by atoms with Gasteiger partial charge in [0.25, 0.3) is 5.91 Å². The fraction of sp³-hybridized carbons (Fsp3) is 0.381. The third-order valence-electron chi connectivity index (χ3n) is 5.43. The summed E-state index contributed by atoms with van der Waals surface area (Å²) in [5, 5.41) is 19.6. The van der Waals surface area contributed by atoms with E-state index in [9.17, 15) is 22.7 Å². The fourth-order valence-corrected chi connectivity index (χ4v) is 5.42. The number of hydrogen-bond donors (Lipinski definition) is 3. The van der Waals surface area contributed by atoms with Crippen molar-refractivity contribution in [2.45, 2.75) is 49.8 Å². The molecule has 1 saturated heterocycles. The molecular formula is C21H25FN2O6S. The molecule has 0 bridgehead atoms. The van der Waals surface area contributed by atoms with E-state index in [2.05, 4.69) is 0 Å². The quantitative estimate of drug-likeness (QED) is 0.457. The van der Waals surface area contributed by atoms with Crippen LogP contribution in [0, 0.1) is 12.7 Å². The highest BCUT2D eigenvalue weighted by molar-refractivity contribution is 7.89. The second-order valence-electron chi connectivity index (χ2n) is 7.79. The van der Waals surface area contributed by atoms with Crippen LogP contribution in [0.15, 0.2) is 47.4 Å². The van der Waals surface area contributed by atoms with Gasteiger partial charge in [0.2, 0.25) is 10.0 Å². The molecule has 3 N–H and O–H groups in total. The number of ether oxygens (including phenoxy) is 1. The zero-order valence-corrected chi connectivity index (χ0v) is 18.0. The smallest absolute Gasteiger partial charge is 0.264 e. The first-order valence-electron chi connectivity index (χ1n) is 9.72. The summed E-state index contributed by atoms with van der Waals surface area (Å²) in [7, 11) is -4.14. The number of benzene rings is 2. The Labute approximate surface area is 180 Å². The van der Waals surface area contributed by atoms with Gasteiger partial charge < -0.3 is 9.84 Å². The number of nitrogens with one attached hydrogen (secondary N) is 1. The maximum absolute atomic E-state index is 13.4. The Morgan fingerprint density at radius 2 is 1.97 bits per heavy atom. The molecule has 2 aromatic carbocycles. The van der Waals surface area contributed by atoms with Gasteiger partial charge in [0.15, 0.2) is 0 Å². The lowest BCUT2D eigenvalue weighted by Gasteiger charge is -2.42. The SMILES string of the molecule is Cc1ccc(F)cc1COc1ccc(S(=O)(=O)N2CCC[C@@](C)(O)C2C(=O)NO)cc1. The normalized spacial score (nSPS) is 22.2. The van der Waals surface area contributed by atoms with Crippen molar-refractivity contribution < 1.29 is 32.7 Å². The highest BCUT2D eigenvalue weighted by atomic mass is 32.2. The van der Waals surface area contributed by atoms with Crippen LogP contribution in [0.1, 0.15) is 30.9 Å². The molecular weight excluding hydrogens is 427 g/mol. The van der Waals surface area contributed by atoms with Gasteiger partial charge in [-0.3, -0.25) is 10.0 Å². The molecule has 0 saturated carbocycles. The highest BCUT2D eigenvalue weighted by Gasteiger charge is 2.49. The number of hydrogen-bond acceptors (Lipinski definition) is 6. The predicted octanol–water partition coefficient (Wildman–Crippen LogP) is 2.12. The average molecular weight is 453 g/mol. The van der Waals surface area contributed by atoms with Crippen LogP contribution in [0.3, 0.4) is 0 Å². The number of halogens is 1. The molecule has 2 atom stereocenters. The number of sulfonamides is 1. The Bertz CT molecular complexity index is 1060. The van der Waals surface area contributed by atoms with Gasteiger partial charge in [0.05, 0.1) is 10.5 Å². The predicted molar refractivity (Wildman–Crippen MR) is 109 cm³/mol. The number of rotatable bonds is 6. The number of aryl methyl sites for hydroxylation is 1. The maximum atomic E-state index is 13.4. The number of carbonyl (C=O) groups excluding carboxylic acids is 1. The molecule has 3 rings (SSSR count). The number of amides is 1. The number of nitrogens with zero attached hydrogens (tertiary/aromatic N) is 1. The van der Waals surface area contributed by atoms with Crippen molar-refractivity contribution in [3.05, 3.63) is 59.4 Å². The largest absolute Gasteiger partial charge is 0.489 e. The molecule has 1 aliphatic heterocycles. The fourth-order valence-electron chi connectivity index (χ4n) is 3.70. The summed E-state index contributed by atoms with van der Waals surface area (Å²) < 4.78 is 46.2. The van der Waals surface area contributed by atoms with E-state index >= 15 is 0 Å². The van der Waals surface area contributed by atoms with E-state index in [1.807, 2.05) is 6.92 Å². The van der Waals surface area contributed by atoms with E-state index in [-0.39, 0.29) is 30.3 Å². The minimum absolute atomic E-state index is 0.0215. The van der Waals surface area contributed by atoms with Crippen molar-refractivity contribution >= 4 is 15.9 Å². The molecule has 0 spiro atoms. The summed E-state index contributed by atoms with van der Waals surface area (Å²) >= 11 is 0. The lowest BCUT2D eigenvalue weighted by molar-refractivity contribution is -0.144. The van der Waals surface area contributed by atoms with Crippen LogP contribution >= 0.6 is 0 Å². The maximum Gasteiger partial charge on any atom is 0.264 e. The number of carbonyl (C=O) groups is 1. The Morgan fingerprint density at radius 3 is 2.61 bits per heavy atom. The van der Waals surface area contributed by atoms with Crippen LogP contribution in [-0.2, 0) is 21.4 Å². The van der Waals surface area contributed by atoms with Crippen molar-refractivity contribution in [2.75, 3.05) is 6.54 Å². The number of hydroxylamine groups is 1. The Balaban J connectivity index is 1.80. The standard InChI is InChI=1S/C21H25FN2O6S/c1-14-4-5-16(22)12-15(14)13-30-17-6-8-18(9-7-17)31(28,29)24-11-3-10-21(2,26)19(24)20(25)23-27/h4-9,12,19,26-27H,3,10-11,13H2,1-2H3,(H,23,25)/t19?,21-/m1/s1. The number of piperidine rings is 1. The van der Waals surface area contributed by atoms with Crippen molar-refractivity contribution in [1.82, 2.24) is 9.79 Å². The molecule has 1 unspecified atom stereocenters. The van der Waals surface area contributed by atoms with E-state index in [1.165, 1.54) is 48.8 Å². The molecule has 1 fully saturated rings. The molecule has 31 heavy (non-hydrogen) atoms. The molecule has 1 heterocycles. The Hall–Kier alpha value is -2.53. The average Bonchev–Trinajstić information content (AvgIpc) is 2.73. The molecule has 1 amide bonds. The van der Waals surface area contributed by atoms with Crippen LogP contribution < -0.4 is 10.2 Å². The third-order valence-corrected chi connectivity index (χ3v) is 7.31. The van der Waals surface area contributed by atoms with E-state index in [0.29, 0.717) is 17.7 Å². The van der Waals surface area contributed by atoms with Gasteiger partial charge in [-0.2, -0.15) is 4.31 Å². The number of aliphatic hydroxyl groups is 1. The topological polar surface area (TPSA) is 116 Å². The van der Waals surface area contributed by atoms with E-state index in [4.69, 9.17) is 9.94 Å². The van der Waals surface area contributed by atoms with E-state index in [1.54, 1.807) is 6.07 Å². The van der Waals surface area contributed by atoms with E-state index in [0.717, 1.165) is 9.87 Å². The van der Waals surface area contributed by atoms with Crippen LogP contribution in [0.4, 0.5) is 4.39 Å². The van der Waals surface area contributed by atoms with Gasteiger partial charge in [-0.25, -0.2) is 18.3 Å². The van der Waals surface area contributed by atoms with E-state index < -0.39 is 27.6 Å². The summed E-state index contributed by atoms with van der Waals surface area (Å²) in [5.74, 6) is -0.985. The molecule has 0 aliphatic carbocycles. The molecule has 1 aliphatic rings. The molecule has 0 aromatic heterocycles. The Kier molecular flexibility index (Phi) is 6.65. The van der Waals surface area contributed by atoms with Gasteiger partial charge in [-0.05, 0) is 74.2 Å². The summed E-state index contributed by atoms with van der Waals surface area (Å²) in [5.41, 5.74) is 1.35. The molecule has 2 aromatic rings. The Morgan fingerprint density at radius 1 is 1.29 bits per heavy atom. The lowest BCUT2D eigenvalue weighted by atomic mass is 9.87. The van der Waals surface area contributed by atoms with Crippen LogP contribution in [0.5, 0.6) is 5.75 Å². The summed E-state index contributed by atoms with van der Waals surface area (Å²) in [6.45, 7) is 3.33. The summed E-state index contributed by atoms with van der Waals surface area (Å²) in [4.78, 5) is 12.0. The van der Waals surface area contributed by atoms with Gasteiger partial charge >= 0.3 is 0 Å². The lowest BCUT2D eigenvalue weighted by Crippen LogP contribution is -2.62. The van der Waals surface area contributed by atoms with Gasteiger partial charge in [0, 0.05) is 6.54 Å². The monoisotopic (exact) mass is 452 g/mol. The first kappa shape index (κ1) is 23.1. The van der Waals surface area contributed by atoms with Crippen LogP contribution in [-0.4, -0.2) is 47.1 Å². The van der Waals surface area contributed by atoms with Crippen LogP contribution in [0.25, 0.3) is 0 Å². The second-order valence-corrected chi connectivity index (χ2v) is 9.68. The minimum Gasteiger partial charge on any atom is -0.489 e. The van der Waals surface area contributed by atoms with Gasteiger partial charge in [-0.1, -0.05) is 6.07 Å². The van der Waals surface area contributed by atoms with Crippen molar-refractivity contribution in [1.29, 1.82) is 0 Å². The highest BCUT2D eigenvalue weighted by Crippen LogP contribution is 2.32. The summed E-state index contributed by atoms with van der Waals surface area (Å²) in [6.07, 6.45) is 0.568. The third kappa shape index (κ3) is 4.87. The zero-order valence-electron chi connectivity index (χ0n) is 17.2. The van der Waals surface area contributed by atoms with Gasteiger partial charge in [0.1, 0.15) is 24.2 Å². The molecule has 8 nitrogen and oxygen atoms in total. The molecule has 168 valence electrons. The molecule has 10 heteroatoms.